The van der Waals surface area contributed by atoms with E-state index in [2.05, 4.69) is 24.5 Å². The maximum absolute atomic E-state index is 11.6. The third kappa shape index (κ3) is 6.78. The molecule has 5 heteroatoms. The predicted molar refractivity (Wildman–Crippen MR) is 75.2 cm³/mol. The van der Waals surface area contributed by atoms with Crippen molar-refractivity contribution in [2.24, 2.45) is 11.8 Å². The van der Waals surface area contributed by atoms with E-state index in [1.54, 1.807) is 0 Å². The summed E-state index contributed by atoms with van der Waals surface area (Å²) in [6, 6.07) is 0.475. The van der Waals surface area contributed by atoms with Crippen molar-refractivity contribution >= 4 is 6.09 Å². The van der Waals surface area contributed by atoms with Crippen LogP contribution in [0.1, 0.15) is 34.6 Å². The molecule has 0 saturated carbocycles. The minimum absolute atomic E-state index is 0.342. The molecule has 1 saturated heterocycles. The Morgan fingerprint density at radius 2 is 1.95 bits per heavy atom. The molecule has 1 fully saturated rings. The fourth-order valence-electron chi connectivity index (χ4n) is 1.74. The number of hydrogen-bond donors (Lipinski definition) is 2. The monoisotopic (exact) mass is 272 g/mol. The minimum Gasteiger partial charge on any atom is -0.444 e. The number of carbonyl (C=O) groups is 1. The number of amides is 1. The van der Waals surface area contributed by atoms with Crippen LogP contribution in [0.4, 0.5) is 4.79 Å². The number of ether oxygens (including phenoxy) is 2. The Bertz CT molecular complexity index is 283. The van der Waals surface area contributed by atoms with Gasteiger partial charge in [0.2, 0.25) is 0 Å². The van der Waals surface area contributed by atoms with Crippen LogP contribution < -0.4 is 10.6 Å². The first-order valence-electron chi connectivity index (χ1n) is 7.06. The molecule has 1 aliphatic rings. The Morgan fingerprint density at radius 1 is 1.32 bits per heavy atom. The van der Waals surface area contributed by atoms with E-state index in [-0.39, 0.29) is 6.09 Å². The molecule has 1 unspecified atom stereocenters. The van der Waals surface area contributed by atoms with Gasteiger partial charge in [-0.15, -0.1) is 0 Å². The van der Waals surface area contributed by atoms with Crippen LogP contribution in [-0.4, -0.2) is 44.0 Å². The van der Waals surface area contributed by atoms with E-state index in [1.807, 2.05) is 20.8 Å². The fraction of sp³-hybridized carbons (Fsp3) is 0.929. The SMILES string of the molecule is CC(C)C(CNC(=O)OC(C)(C)C)CNC1COC1. The summed E-state index contributed by atoms with van der Waals surface area (Å²) >= 11 is 0. The van der Waals surface area contributed by atoms with Crippen molar-refractivity contribution in [3.05, 3.63) is 0 Å². The molecule has 1 amide bonds. The first-order valence-corrected chi connectivity index (χ1v) is 7.06. The van der Waals surface area contributed by atoms with Gasteiger partial charge in [0.1, 0.15) is 5.60 Å². The van der Waals surface area contributed by atoms with E-state index in [0.29, 0.717) is 24.4 Å². The van der Waals surface area contributed by atoms with Crippen molar-refractivity contribution in [2.75, 3.05) is 26.3 Å². The molecule has 0 bridgehead atoms. The Balaban J connectivity index is 2.26. The summed E-state index contributed by atoms with van der Waals surface area (Å²) in [6.45, 7) is 13.0. The smallest absolute Gasteiger partial charge is 0.407 e. The zero-order valence-corrected chi connectivity index (χ0v) is 12.8. The molecule has 1 rings (SSSR count). The van der Waals surface area contributed by atoms with Crippen molar-refractivity contribution in [3.8, 4) is 0 Å². The van der Waals surface area contributed by atoms with Crippen LogP contribution in [-0.2, 0) is 9.47 Å². The maximum atomic E-state index is 11.6. The lowest BCUT2D eigenvalue weighted by molar-refractivity contribution is -0.00731. The van der Waals surface area contributed by atoms with E-state index in [0.717, 1.165) is 19.8 Å². The van der Waals surface area contributed by atoms with Gasteiger partial charge in [-0.25, -0.2) is 4.79 Å². The zero-order valence-electron chi connectivity index (χ0n) is 12.8. The highest BCUT2D eigenvalue weighted by molar-refractivity contribution is 5.67. The number of hydrogen-bond acceptors (Lipinski definition) is 4. The van der Waals surface area contributed by atoms with Crippen LogP contribution in [0.2, 0.25) is 0 Å². The van der Waals surface area contributed by atoms with Crippen LogP contribution in [0.25, 0.3) is 0 Å². The molecular weight excluding hydrogens is 244 g/mol. The van der Waals surface area contributed by atoms with Gasteiger partial charge in [0, 0.05) is 13.1 Å². The molecule has 112 valence electrons. The van der Waals surface area contributed by atoms with Gasteiger partial charge in [-0.2, -0.15) is 0 Å². The lowest BCUT2D eigenvalue weighted by atomic mass is 9.95. The molecule has 0 spiro atoms. The summed E-state index contributed by atoms with van der Waals surface area (Å²) in [5.74, 6) is 0.900. The molecule has 19 heavy (non-hydrogen) atoms. The van der Waals surface area contributed by atoms with E-state index < -0.39 is 5.60 Å². The summed E-state index contributed by atoms with van der Waals surface area (Å²) < 4.78 is 10.4. The number of rotatable bonds is 6. The van der Waals surface area contributed by atoms with Gasteiger partial charge in [-0.05, 0) is 32.6 Å². The van der Waals surface area contributed by atoms with Gasteiger partial charge in [-0.1, -0.05) is 13.8 Å². The zero-order chi connectivity index (χ0) is 14.5. The van der Waals surface area contributed by atoms with Crippen molar-refractivity contribution in [1.29, 1.82) is 0 Å². The molecule has 0 radical (unpaired) electrons. The molecule has 1 aliphatic heterocycles. The predicted octanol–water partition coefficient (Wildman–Crippen LogP) is 1.77. The minimum atomic E-state index is -0.446. The summed E-state index contributed by atoms with van der Waals surface area (Å²) in [4.78, 5) is 11.6. The second kappa shape index (κ2) is 7.10. The second-order valence-corrected chi connectivity index (χ2v) is 6.53. The lowest BCUT2D eigenvalue weighted by Gasteiger charge is -2.30. The largest absolute Gasteiger partial charge is 0.444 e. The molecular formula is C14H28N2O3. The summed E-state index contributed by atoms with van der Waals surface area (Å²) in [6.07, 6.45) is -0.342. The lowest BCUT2D eigenvalue weighted by Crippen LogP contribution is -2.49. The first kappa shape index (κ1) is 16.2. The molecule has 0 aromatic carbocycles. The molecule has 0 aromatic rings. The van der Waals surface area contributed by atoms with Crippen LogP contribution in [0.3, 0.4) is 0 Å². The third-order valence-corrected chi connectivity index (χ3v) is 3.16. The topological polar surface area (TPSA) is 59.6 Å². The van der Waals surface area contributed by atoms with Crippen molar-refractivity contribution in [2.45, 2.75) is 46.3 Å². The van der Waals surface area contributed by atoms with Crippen molar-refractivity contribution in [3.63, 3.8) is 0 Å². The van der Waals surface area contributed by atoms with Gasteiger partial charge in [0.25, 0.3) is 0 Å². The standard InChI is InChI=1S/C14H28N2O3/c1-10(2)11(6-15-12-8-18-9-12)7-16-13(17)19-14(3,4)5/h10-12,15H,6-9H2,1-5H3,(H,16,17). The molecule has 5 nitrogen and oxygen atoms in total. The quantitative estimate of drug-likeness (QED) is 0.773. The summed E-state index contributed by atoms with van der Waals surface area (Å²) in [5.41, 5.74) is -0.446. The molecule has 1 heterocycles. The molecule has 2 N–H and O–H groups in total. The van der Waals surface area contributed by atoms with E-state index in [9.17, 15) is 4.79 Å². The van der Waals surface area contributed by atoms with Gasteiger partial charge in [0.15, 0.2) is 0 Å². The number of carbonyl (C=O) groups excluding carboxylic acids is 1. The van der Waals surface area contributed by atoms with Gasteiger partial charge in [0.05, 0.1) is 19.3 Å². The Labute approximate surface area is 116 Å². The fourth-order valence-corrected chi connectivity index (χ4v) is 1.74. The van der Waals surface area contributed by atoms with Crippen LogP contribution in [0, 0.1) is 11.8 Å². The Morgan fingerprint density at radius 3 is 2.37 bits per heavy atom. The molecule has 0 aromatic heterocycles. The number of nitrogens with one attached hydrogen (secondary N) is 2. The highest BCUT2D eigenvalue weighted by Crippen LogP contribution is 2.11. The Hall–Kier alpha value is -0.810. The molecule has 1 atom stereocenters. The average molecular weight is 272 g/mol. The highest BCUT2D eigenvalue weighted by Gasteiger charge is 2.22. The molecule has 0 aliphatic carbocycles. The van der Waals surface area contributed by atoms with Gasteiger partial charge >= 0.3 is 6.09 Å². The number of alkyl carbamates (subject to hydrolysis) is 1. The summed E-state index contributed by atoms with van der Waals surface area (Å²) in [7, 11) is 0. The van der Waals surface area contributed by atoms with Crippen molar-refractivity contribution in [1.82, 2.24) is 10.6 Å². The third-order valence-electron chi connectivity index (χ3n) is 3.16. The van der Waals surface area contributed by atoms with Crippen LogP contribution in [0.15, 0.2) is 0 Å². The van der Waals surface area contributed by atoms with Crippen LogP contribution >= 0.6 is 0 Å². The highest BCUT2D eigenvalue weighted by atomic mass is 16.6. The van der Waals surface area contributed by atoms with Gasteiger partial charge < -0.3 is 20.1 Å². The van der Waals surface area contributed by atoms with Crippen LogP contribution in [0.5, 0.6) is 0 Å². The normalized spacial score (nSPS) is 18.0. The van der Waals surface area contributed by atoms with E-state index >= 15 is 0 Å². The maximum Gasteiger partial charge on any atom is 0.407 e. The van der Waals surface area contributed by atoms with E-state index in [1.165, 1.54) is 0 Å². The van der Waals surface area contributed by atoms with Gasteiger partial charge in [-0.3, -0.25) is 0 Å². The van der Waals surface area contributed by atoms with Crippen molar-refractivity contribution < 1.29 is 14.3 Å². The Kier molecular flexibility index (Phi) is 6.07. The second-order valence-electron chi connectivity index (χ2n) is 6.53. The summed E-state index contributed by atoms with van der Waals surface area (Å²) in [5, 5.41) is 6.30. The average Bonchev–Trinajstić information content (AvgIpc) is 2.17. The first-order chi connectivity index (χ1) is 8.78. The van der Waals surface area contributed by atoms with E-state index in [4.69, 9.17) is 9.47 Å².